The summed E-state index contributed by atoms with van der Waals surface area (Å²) in [7, 11) is 3.02. The van der Waals surface area contributed by atoms with Gasteiger partial charge in [0.1, 0.15) is 6.04 Å². The Balaban J connectivity index is 2.33. The summed E-state index contributed by atoms with van der Waals surface area (Å²) in [5, 5.41) is -0.513. The first-order valence-electron chi connectivity index (χ1n) is 7.69. The lowest BCUT2D eigenvalue weighted by atomic mass is 10.1. The fourth-order valence-electron chi connectivity index (χ4n) is 2.35. The molecule has 0 N–H and O–H groups in total. The molecule has 0 unspecified atom stereocenters. The zero-order chi connectivity index (χ0) is 19.4. The monoisotopic (exact) mass is 443 g/mol. The Kier molecular flexibility index (Phi) is 6.71. The highest BCUT2D eigenvalue weighted by molar-refractivity contribution is 9.10. The van der Waals surface area contributed by atoms with Crippen LogP contribution in [0.25, 0.3) is 6.08 Å². The fourth-order valence-corrected chi connectivity index (χ4v) is 3.88. The third-order valence-electron chi connectivity index (χ3n) is 3.59. The number of hydrogen-bond donors (Lipinski definition) is 0. The Morgan fingerprint density at radius 3 is 2.58 bits per heavy atom. The molecule has 1 atom stereocenters. The first kappa shape index (κ1) is 20.3. The van der Waals surface area contributed by atoms with Crippen molar-refractivity contribution in [3.8, 4) is 11.5 Å². The van der Waals surface area contributed by atoms with E-state index in [9.17, 15) is 14.4 Å². The Morgan fingerprint density at radius 2 is 2.00 bits per heavy atom. The van der Waals surface area contributed by atoms with Crippen LogP contribution in [0.4, 0.5) is 4.79 Å². The molecule has 26 heavy (non-hydrogen) atoms. The highest BCUT2D eigenvalue weighted by Gasteiger charge is 2.41. The van der Waals surface area contributed by atoms with Crippen LogP contribution < -0.4 is 9.47 Å². The zero-order valence-corrected chi connectivity index (χ0v) is 17.1. The number of halogens is 1. The van der Waals surface area contributed by atoms with E-state index in [1.54, 1.807) is 25.1 Å². The van der Waals surface area contributed by atoms with Gasteiger partial charge in [-0.3, -0.25) is 14.5 Å². The molecule has 140 valence electrons. The molecule has 1 heterocycles. The van der Waals surface area contributed by atoms with Crippen molar-refractivity contribution in [3.05, 3.63) is 27.1 Å². The van der Waals surface area contributed by atoms with E-state index < -0.39 is 23.2 Å². The second-order valence-electron chi connectivity index (χ2n) is 5.22. The summed E-state index contributed by atoms with van der Waals surface area (Å²) in [4.78, 5) is 37.7. The van der Waals surface area contributed by atoms with E-state index in [0.717, 1.165) is 16.7 Å². The average molecular weight is 444 g/mol. The number of methoxy groups -OCH3 is 2. The molecule has 0 spiro atoms. The molecule has 9 heteroatoms. The molecule has 1 aliphatic rings. The summed E-state index contributed by atoms with van der Waals surface area (Å²) < 4.78 is 16.1. The first-order chi connectivity index (χ1) is 12.3. The number of rotatable bonds is 6. The van der Waals surface area contributed by atoms with Crippen molar-refractivity contribution >= 4 is 50.9 Å². The predicted molar refractivity (Wildman–Crippen MR) is 101 cm³/mol. The molecule has 0 radical (unpaired) electrons. The van der Waals surface area contributed by atoms with Gasteiger partial charge in [0.05, 0.1) is 30.2 Å². The molecule has 2 rings (SSSR count). The van der Waals surface area contributed by atoms with Crippen LogP contribution in [0.15, 0.2) is 21.5 Å². The second kappa shape index (κ2) is 8.59. The van der Waals surface area contributed by atoms with E-state index in [0.29, 0.717) is 21.5 Å². The first-order valence-corrected chi connectivity index (χ1v) is 9.30. The number of carbonyl (C=O) groups is 3. The molecule has 1 saturated heterocycles. The maximum atomic E-state index is 12.6. The number of thioether (sulfide) groups is 1. The fraction of sp³-hybridized carbons (Fsp3) is 0.353. The summed E-state index contributed by atoms with van der Waals surface area (Å²) >= 11 is 4.16. The molecular weight excluding hydrogens is 426 g/mol. The number of ether oxygens (including phenoxy) is 3. The number of benzene rings is 1. The van der Waals surface area contributed by atoms with E-state index in [-0.39, 0.29) is 11.5 Å². The third-order valence-corrected chi connectivity index (χ3v) is 5.06. The maximum Gasteiger partial charge on any atom is 0.329 e. The normalized spacial score (nSPS) is 16.8. The maximum absolute atomic E-state index is 12.6. The van der Waals surface area contributed by atoms with Crippen molar-refractivity contribution in [1.82, 2.24) is 4.90 Å². The lowest BCUT2D eigenvalue weighted by Crippen LogP contribution is -2.42. The largest absolute Gasteiger partial charge is 0.493 e. The van der Waals surface area contributed by atoms with Crippen molar-refractivity contribution in [2.24, 2.45) is 0 Å². The van der Waals surface area contributed by atoms with E-state index in [2.05, 4.69) is 15.9 Å². The van der Waals surface area contributed by atoms with Gasteiger partial charge in [0.2, 0.25) is 0 Å². The summed E-state index contributed by atoms with van der Waals surface area (Å²) in [5.74, 6) is -0.155. The summed E-state index contributed by atoms with van der Waals surface area (Å²) in [6.07, 6.45) is 1.56. The molecule has 2 amide bonds. The summed E-state index contributed by atoms with van der Waals surface area (Å²) in [6.45, 7) is 3.30. The number of nitrogens with zero attached hydrogens (tertiary/aromatic N) is 1. The predicted octanol–water partition coefficient (Wildman–Crippen LogP) is 3.45. The second-order valence-corrected chi connectivity index (χ2v) is 7.07. The van der Waals surface area contributed by atoms with Crippen molar-refractivity contribution in [3.63, 3.8) is 0 Å². The van der Waals surface area contributed by atoms with Gasteiger partial charge in [-0.1, -0.05) is 0 Å². The highest BCUT2D eigenvalue weighted by Crippen LogP contribution is 2.39. The summed E-state index contributed by atoms with van der Waals surface area (Å²) in [6, 6.07) is 2.45. The summed E-state index contributed by atoms with van der Waals surface area (Å²) in [5.41, 5.74) is 0.642. The quantitative estimate of drug-likeness (QED) is 0.491. The van der Waals surface area contributed by atoms with Crippen molar-refractivity contribution in [2.45, 2.75) is 19.9 Å². The van der Waals surface area contributed by atoms with E-state index in [4.69, 9.17) is 14.2 Å². The minimum Gasteiger partial charge on any atom is -0.493 e. The molecule has 0 aromatic heterocycles. The van der Waals surface area contributed by atoms with Crippen LogP contribution in [-0.2, 0) is 14.3 Å². The van der Waals surface area contributed by atoms with Crippen LogP contribution in [0.1, 0.15) is 19.4 Å². The Bertz CT molecular complexity index is 779. The van der Waals surface area contributed by atoms with Crippen molar-refractivity contribution in [1.29, 1.82) is 0 Å². The molecule has 1 aromatic carbocycles. The average Bonchev–Trinajstić information content (AvgIpc) is 2.87. The molecule has 0 aliphatic carbocycles. The standard InChI is InChI=1S/C17H18BrNO6S/c1-5-25-16(21)9(2)19-15(20)13(26-17(19)22)8-10-6-11(18)14(24-4)12(7-10)23-3/h6-9H,5H2,1-4H3/b13-8+/t9-/m0/s1. The molecular formula is C17H18BrNO6S. The van der Waals surface area contributed by atoms with Crippen LogP contribution in [0, 0.1) is 0 Å². The van der Waals surface area contributed by atoms with Gasteiger partial charge < -0.3 is 14.2 Å². The number of imide groups is 1. The van der Waals surface area contributed by atoms with Crippen molar-refractivity contribution < 1.29 is 28.6 Å². The van der Waals surface area contributed by atoms with Crippen LogP contribution in [-0.4, -0.2) is 48.9 Å². The van der Waals surface area contributed by atoms with Gasteiger partial charge >= 0.3 is 5.97 Å². The lowest BCUT2D eigenvalue weighted by Gasteiger charge is -2.19. The minimum absolute atomic E-state index is 0.175. The van der Waals surface area contributed by atoms with Crippen LogP contribution in [0.3, 0.4) is 0 Å². The topological polar surface area (TPSA) is 82.1 Å². The minimum atomic E-state index is -0.981. The molecule has 1 aliphatic heterocycles. The van der Waals surface area contributed by atoms with E-state index >= 15 is 0 Å². The number of hydrogen-bond acceptors (Lipinski definition) is 7. The van der Waals surface area contributed by atoms with Gasteiger partial charge in [-0.05, 0) is 65.3 Å². The number of amides is 2. The van der Waals surface area contributed by atoms with E-state index in [1.807, 2.05) is 0 Å². The van der Waals surface area contributed by atoms with Crippen LogP contribution >= 0.6 is 27.7 Å². The third kappa shape index (κ3) is 4.04. The zero-order valence-electron chi connectivity index (χ0n) is 14.7. The van der Waals surface area contributed by atoms with E-state index in [1.165, 1.54) is 21.1 Å². The molecule has 0 bridgehead atoms. The lowest BCUT2D eigenvalue weighted by molar-refractivity contribution is -0.150. The Morgan fingerprint density at radius 1 is 1.31 bits per heavy atom. The van der Waals surface area contributed by atoms with Gasteiger partial charge in [-0.15, -0.1) is 0 Å². The molecule has 0 saturated carbocycles. The number of carbonyl (C=O) groups excluding carboxylic acids is 3. The molecule has 1 aromatic rings. The van der Waals surface area contributed by atoms with Gasteiger partial charge in [-0.2, -0.15) is 0 Å². The molecule has 1 fully saturated rings. The number of esters is 1. The smallest absolute Gasteiger partial charge is 0.329 e. The van der Waals surface area contributed by atoms with Crippen LogP contribution in [0.5, 0.6) is 11.5 Å². The van der Waals surface area contributed by atoms with Crippen molar-refractivity contribution in [2.75, 3.05) is 20.8 Å². The highest BCUT2D eigenvalue weighted by atomic mass is 79.9. The van der Waals surface area contributed by atoms with Crippen LogP contribution in [0.2, 0.25) is 0 Å². The molecule has 7 nitrogen and oxygen atoms in total. The Labute approximate surface area is 163 Å². The van der Waals surface area contributed by atoms with Gasteiger partial charge in [0.25, 0.3) is 11.1 Å². The van der Waals surface area contributed by atoms with Gasteiger partial charge in [-0.25, -0.2) is 4.79 Å². The van der Waals surface area contributed by atoms with Gasteiger partial charge in [0, 0.05) is 0 Å². The van der Waals surface area contributed by atoms with Gasteiger partial charge in [0.15, 0.2) is 11.5 Å². The Hall–Kier alpha value is -2.00. The SMILES string of the molecule is CCOC(=O)[C@H](C)N1C(=O)S/C(=C/c2cc(Br)c(OC)c(OC)c2)C1=O.